The highest BCUT2D eigenvalue weighted by Crippen LogP contribution is 2.63. The molecule has 1 aromatic rings. The van der Waals surface area contributed by atoms with E-state index in [1.165, 1.54) is 11.8 Å². The van der Waals surface area contributed by atoms with Crippen molar-refractivity contribution in [1.82, 2.24) is 14.9 Å². The molecule has 0 aromatic carbocycles. The molecule has 1 spiro atoms. The van der Waals surface area contributed by atoms with Gasteiger partial charge in [0.15, 0.2) is 5.16 Å². The molecule has 0 bridgehead atoms. The summed E-state index contributed by atoms with van der Waals surface area (Å²) in [6.45, 7) is 0.487. The molecular weight excluding hydrogens is 296 g/mol. The number of carbonyl (C=O) groups is 1. The average molecular weight is 311 g/mol. The zero-order valence-electron chi connectivity index (χ0n) is 11.6. The van der Waals surface area contributed by atoms with Gasteiger partial charge < -0.3 is 4.90 Å². The van der Waals surface area contributed by atoms with Crippen LogP contribution in [0.25, 0.3) is 0 Å². The zero-order valence-corrected chi connectivity index (χ0v) is 12.4. The van der Waals surface area contributed by atoms with E-state index in [1.807, 2.05) is 6.26 Å². The van der Waals surface area contributed by atoms with E-state index in [0.717, 1.165) is 5.69 Å². The maximum atomic E-state index is 13.0. The Morgan fingerprint density at radius 3 is 2.71 bits per heavy atom. The van der Waals surface area contributed by atoms with E-state index in [4.69, 9.17) is 0 Å². The van der Waals surface area contributed by atoms with Gasteiger partial charge in [-0.15, -0.1) is 0 Å². The first kappa shape index (κ1) is 13.4. The summed E-state index contributed by atoms with van der Waals surface area (Å²) in [6, 6.07) is 0.0838. The summed E-state index contributed by atoms with van der Waals surface area (Å²) in [5, 5.41) is 0.659. The maximum absolute atomic E-state index is 13.0. The second-order valence-electron chi connectivity index (χ2n) is 6.42. The molecule has 0 N–H and O–H groups in total. The molecule has 3 aliphatic rings. The van der Waals surface area contributed by atoms with Crippen LogP contribution in [0.4, 0.5) is 8.78 Å². The van der Waals surface area contributed by atoms with Crippen molar-refractivity contribution in [3.05, 3.63) is 17.5 Å². The Morgan fingerprint density at radius 2 is 2.10 bits per heavy atom. The Kier molecular flexibility index (Phi) is 2.65. The van der Waals surface area contributed by atoms with Crippen molar-refractivity contribution in [1.29, 1.82) is 0 Å². The number of halogens is 2. The van der Waals surface area contributed by atoms with E-state index in [2.05, 4.69) is 9.97 Å². The molecule has 4 rings (SSSR count). The molecule has 7 heteroatoms. The van der Waals surface area contributed by atoms with Crippen LogP contribution in [-0.4, -0.2) is 39.0 Å². The molecule has 21 heavy (non-hydrogen) atoms. The summed E-state index contributed by atoms with van der Waals surface area (Å²) in [7, 11) is 0. The van der Waals surface area contributed by atoms with Crippen molar-refractivity contribution < 1.29 is 13.6 Å². The third-order valence-electron chi connectivity index (χ3n) is 4.88. The predicted molar refractivity (Wildman–Crippen MR) is 73.3 cm³/mol. The Labute approximate surface area is 125 Å². The van der Waals surface area contributed by atoms with Crippen molar-refractivity contribution in [2.75, 3.05) is 6.26 Å². The maximum Gasteiger partial charge on any atom is 0.257 e. The first-order chi connectivity index (χ1) is 9.91. The molecule has 0 atom stereocenters. The van der Waals surface area contributed by atoms with E-state index < -0.39 is 5.92 Å². The highest BCUT2D eigenvalue weighted by Gasteiger charge is 2.63. The van der Waals surface area contributed by atoms with Gasteiger partial charge in [-0.05, 0) is 24.5 Å². The molecule has 1 aliphatic heterocycles. The summed E-state index contributed by atoms with van der Waals surface area (Å²) in [6.07, 6.45) is 4.85. The standard InChI is InChI=1S/C14H15F2N3OS/c1-21-12-17-4-9-10(18-12)5-19(11(9)20)8-2-13(3-8)6-14(15,16)7-13/h4,8H,2-3,5-7H2,1H3. The van der Waals surface area contributed by atoms with Gasteiger partial charge in [-0.25, -0.2) is 18.7 Å². The van der Waals surface area contributed by atoms with Gasteiger partial charge in [0, 0.05) is 25.1 Å². The summed E-state index contributed by atoms with van der Waals surface area (Å²) in [5.41, 5.74) is 1.12. The minimum atomic E-state index is -2.48. The van der Waals surface area contributed by atoms with Crippen LogP contribution in [0.5, 0.6) is 0 Å². The van der Waals surface area contributed by atoms with Gasteiger partial charge in [-0.1, -0.05) is 11.8 Å². The van der Waals surface area contributed by atoms with Crippen LogP contribution >= 0.6 is 11.8 Å². The number of hydrogen-bond acceptors (Lipinski definition) is 4. The normalized spacial score (nSPS) is 25.7. The number of thioether (sulfide) groups is 1. The van der Waals surface area contributed by atoms with Crippen molar-refractivity contribution in [2.24, 2.45) is 5.41 Å². The number of fused-ring (bicyclic) bond motifs is 1. The number of nitrogens with zero attached hydrogens (tertiary/aromatic N) is 3. The number of alkyl halides is 2. The number of carbonyl (C=O) groups excluding carboxylic acids is 1. The zero-order chi connectivity index (χ0) is 14.8. The number of aromatic nitrogens is 2. The van der Waals surface area contributed by atoms with Gasteiger partial charge in [-0.3, -0.25) is 4.79 Å². The van der Waals surface area contributed by atoms with Crippen molar-refractivity contribution in [3.8, 4) is 0 Å². The van der Waals surface area contributed by atoms with Gasteiger partial charge in [0.05, 0.1) is 17.8 Å². The van der Waals surface area contributed by atoms with Crippen LogP contribution < -0.4 is 0 Å². The SMILES string of the molecule is CSc1ncc2c(n1)CN(C1CC3(C1)CC(F)(F)C3)C2=O. The largest absolute Gasteiger partial charge is 0.330 e. The molecule has 0 unspecified atom stereocenters. The average Bonchev–Trinajstić information content (AvgIpc) is 2.69. The van der Waals surface area contributed by atoms with Crippen molar-refractivity contribution in [2.45, 2.75) is 49.3 Å². The monoisotopic (exact) mass is 311 g/mol. The lowest BCUT2D eigenvalue weighted by atomic mass is 9.52. The molecule has 2 saturated carbocycles. The van der Waals surface area contributed by atoms with E-state index in [9.17, 15) is 13.6 Å². The predicted octanol–water partition coefficient (Wildman–Crippen LogP) is 2.73. The van der Waals surface area contributed by atoms with Gasteiger partial charge in [-0.2, -0.15) is 0 Å². The quantitative estimate of drug-likeness (QED) is 0.622. The molecule has 0 radical (unpaired) electrons. The highest BCUT2D eigenvalue weighted by molar-refractivity contribution is 7.98. The lowest BCUT2D eigenvalue weighted by molar-refractivity contribution is -0.206. The molecule has 0 saturated heterocycles. The first-order valence-corrected chi connectivity index (χ1v) is 8.23. The van der Waals surface area contributed by atoms with E-state index in [-0.39, 0.29) is 30.2 Å². The topological polar surface area (TPSA) is 46.1 Å². The van der Waals surface area contributed by atoms with Crippen LogP contribution in [0.3, 0.4) is 0 Å². The molecule has 1 aromatic heterocycles. The molecule has 1 amide bonds. The van der Waals surface area contributed by atoms with Crippen LogP contribution in [-0.2, 0) is 6.54 Å². The summed E-state index contributed by atoms with van der Waals surface area (Å²) >= 11 is 1.44. The van der Waals surface area contributed by atoms with Crippen LogP contribution in [0.2, 0.25) is 0 Å². The van der Waals surface area contributed by atoms with Crippen molar-refractivity contribution in [3.63, 3.8) is 0 Å². The van der Waals surface area contributed by atoms with Gasteiger partial charge in [0.2, 0.25) is 5.92 Å². The fourth-order valence-electron chi connectivity index (χ4n) is 3.97. The molecule has 112 valence electrons. The third-order valence-corrected chi connectivity index (χ3v) is 5.45. The molecular formula is C14H15F2N3OS. The number of hydrogen-bond donors (Lipinski definition) is 0. The fraction of sp³-hybridized carbons (Fsp3) is 0.643. The summed E-state index contributed by atoms with van der Waals surface area (Å²) in [4.78, 5) is 22.7. The van der Waals surface area contributed by atoms with Gasteiger partial charge >= 0.3 is 0 Å². The van der Waals surface area contributed by atoms with Crippen LogP contribution in [0.15, 0.2) is 11.4 Å². The summed E-state index contributed by atoms with van der Waals surface area (Å²) in [5.74, 6) is -2.54. The number of amides is 1. The Bertz CT molecular complexity index is 621. The molecule has 2 heterocycles. The van der Waals surface area contributed by atoms with Gasteiger partial charge in [0.25, 0.3) is 5.91 Å². The second-order valence-corrected chi connectivity index (χ2v) is 7.20. The third kappa shape index (κ3) is 1.97. The Hall–Kier alpha value is -1.24. The van der Waals surface area contributed by atoms with Crippen LogP contribution in [0.1, 0.15) is 41.7 Å². The highest BCUT2D eigenvalue weighted by atomic mass is 32.2. The minimum absolute atomic E-state index is 0.0120. The molecule has 2 aliphatic carbocycles. The van der Waals surface area contributed by atoms with E-state index in [0.29, 0.717) is 30.1 Å². The lowest BCUT2D eigenvalue weighted by Gasteiger charge is -2.59. The second kappa shape index (κ2) is 4.15. The van der Waals surface area contributed by atoms with Crippen molar-refractivity contribution >= 4 is 17.7 Å². The smallest absolute Gasteiger partial charge is 0.257 e. The lowest BCUT2D eigenvalue weighted by Crippen LogP contribution is -2.59. The van der Waals surface area contributed by atoms with E-state index >= 15 is 0 Å². The Morgan fingerprint density at radius 1 is 1.38 bits per heavy atom. The molecule has 2 fully saturated rings. The van der Waals surface area contributed by atoms with E-state index in [1.54, 1.807) is 11.1 Å². The number of rotatable bonds is 2. The first-order valence-electron chi connectivity index (χ1n) is 7.00. The molecule has 4 nitrogen and oxygen atoms in total. The Balaban J connectivity index is 1.46. The summed E-state index contributed by atoms with van der Waals surface area (Å²) < 4.78 is 26.1. The van der Waals surface area contributed by atoms with Gasteiger partial charge in [0.1, 0.15) is 0 Å². The minimum Gasteiger partial charge on any atom is -0.330 e. The fourth-order valence-corrected chi connectivity index (χ4v) is 4.33. The van der Waals surface area contributed by atoms with Crippen LogP contribution in [0, 0.1) is 5.41 Å².